The largest absolute Gasteiger partial charge is 0.445 e. The second-order valence-electron chi connectivity index (χ2n) is 4.17. The van der Waals surface area contributed by atoms with Crippen molar-refractivity contribution in [2.24, 2.45) is 5.14 Å². The van der Waals surface area contributed by atoms with Crippen LogP contribution >= 0.6 is 11.3 Å². The zero-order chi connectivity index (χ0) is 15.0. The van der Waals surface area contributed by atoms with Crippen molar-refractivity contribution in [3.63, 3.8) is 0 Å². The van der Waals surface area contributed by atoms with Crippen LogP contribution in [0.2, 0.25) is 0 Å². The Morgan fingerprint density at radius 1 is 1.15 bits per heavy atom. The summed E-state index contributed by atoms with van der Waals surface area (Å²) < 4.78 is 60.9. The molecule has 0 aliphatic carbocycles. The minimum absolute atomic E-state index is 0.111. The minimum Gasteiger partial charge on any atom is -0.345 e. The Labute approximate surface area is 117 Å². The van der Waals surface area contributed by atoms with E-state index in [9.17, 15) is 21.6 Å². The van der Waals surface area contributed by atoms with Crippen molar-refractivity contribution in [1.29, 1.82) is 0 Å². The van der Waals surface area contributed by atoms with Crippen molar-refractivity contribution < 1.29 is 21.6 Å². The summed E-state index contributed by atoms with van der Waals surface area (Å²) in [6, 6.07) is 0. The maximum atomic E-state index is 12.5. The van der Waals surface area contributed by atoms with E-state index >= 15 is 0 Å². The Morgan fingerprint density at radius 3 is 2.40 bits per heavy atom. The lowest BCUT2D eigenvalue weighted by Gasteiger charge is -2.19. The summed E-state index contributed by atoms with van der Waals surface area (Å²) in [5.41, 5.74) is 0. The standard InChI is InChI=1S/C8H12F3N5O2S2/c9-8(10,11)6-13-14-7(19-6)15-2-1-3-16(5-4-15)20(12,17)18/h1-5H2,(H2,12,17,18). The number of alkyl halides is 3. The molecule has 0 aromatic carbocycles. The molecular weight excluding hydrogens is 319 g/mol. The topological polar surface area (TPSA) is 92.4 Å². The van der Waals surface area contributed by atoms with E-state index in [0.29, 0.717) is 24.3 Å². The molecule has 0 unspecified atom stereocenters. The van der Waals surface area contributed by atoms with E-state index in [1.54, 1.807) is 4.90 Å². The zero-order valence-corrected chi connectivity index (χ0v) is 11.8. The smallest absolute Gasteiger partial charge is 0.345 e. The number of hydrogen-bond donors (Lipinski definition) is 1. The summed E-state index contributed by atoms with van der Waals surface area (Å²) >= 11 is 0.444. The average molecular weight is 331 g/mol. The van der Waals surface area contributed by atoms with Gasteiger partial charge < -0.3 is 4.90 Å². The van der Waals surface area contributed by atoms with Crippen LogP contribution in [-0.4, -0.2) is 49.1 Å². The van der Waals surface area contributed by atoms with Gasteiger partial charge in [-0.3, -0.25) is 0 Å². The molecule has 2 rings (SSSR count). The van der Waals surface area contributed by atoms with E-state index in [0.717, 1.165) is 4.31 Å². The first-order valence-electron chi connectivity index (χ1n) is 5.61. The molecule has 0 saturated carbocycles. The number of hydrogen-bond acceptors (Lipinski definition) is 6. The van der Waals surface area contributed by atoms with E-state index in [1.807, 2.05) is 0 Å². The Morgan fingerprint density at radius 2 is 1.85 bits per heavy atom. The van der Waals surface area contributed by atoms with E-state index < -0.39 is 21.4 Å². The lowest BCUT2D eigenvalue weighted by molar-refractivity contribution is -0.138. The molecule has 20 heavy (non-hydrogen) atoms. The van der Waals surface area contributed by atoms with Crippen molar-refractivity contribution in [2.45, 2.75) is 12.6 Å². The van der Waals surface area contributed by atoms with Gasteiger partial charge in [0.2, 0.25) is 10.1 Å². The van der Waals surface area contributed by atoms with Crippen LogP contribution in [0.4, 0.5) is 18.3 Å². The van der Waals surface area contributed by atoms with Crippen molar-refractivity contribution >= 4 is 26.7 Å². The fraction of sp³-hybridized carbons (Fsp3) is 0.750. The van der Waals surface area contributed by atoms with Gasteiger partial charge in [0.05, 0.1) is 0 Å². The third-order valence-corrected chi connectivity index (χ3v) is 4.86. The summed E-state index contributed by atoms with van der Waals surface area (Å²) in [7, 11) is -3.78. The van der Waals surface area contributed by atoms with Crippen LogP contribution in [0.5, 0.6) is 0 Å². The molecule has 1 aliphatic rings. The first-order chi connectivity index (χ1) is 9.18. The lowest BCUT2D eigenvalue weighted by Crippen LogP contribution is -2.39. The fourth-order valence-corrected chi connectivity index (χ4v) is 3.28. The molecule has 0 atom stereocenters. The molecule has 2 N–H and O–H groups in total. The number of aromatic nitrogens is 2. The molecular formula is C8H12F3N5O2S2. The van der Waals surface area contributed by atoms with Crippen LogP contribution in [0.25, 0.3) is 0 Å². The van der Waals surface area contributed by atoms with Gasteiger partial charge in [-0.15, -0.1) is 10.2 Å². The average Bonchev–Trinajstić information content (AvgIpc) is 2.66. The predicted molar refractivity (Wildman–Crippen MR) is 66.4 cm³/mol. The number of halogens is 3. The van der Waals surface area contributed by atoms with E-state index in [-0.39, 0.29) is 24.8 Å². The Kier molecular flexibility index (Phi) is 4.18. The Hall–Kier alpha value is -0.980. The minimum atomic E-state index is -4.52. The maximum Gasteiger partial charge on any atom is 0.445 e. The molecule has 1 saturated heterocycles. The van der Waals surface area contributed by atoms with Gasteiger partial charge in [-0.2, -0.15) is 25.9 Å². The van der Waals surface area contributed by atoms with E-state index in [1.165, 1.54) is 0 Å². The van der Waals surface area contributed by atoms with Gasteiger partial charge in [0.15, 0.2) is 0 Å². The van der Waals surface area contributed by atoms with Crippen LogP contribution in [0, 0.1) is 0 Å². The van der Waals surface area contributed by atoms with Gasteiger partial charge in [0, 0.05) is 26.2 Å². The molecule has 1 aliphatic heterocycles. The van der Waals surface area contributed by atoms with Gasteiger partial charge >= 0.3 is 6.18 Å². The van der Waals surface area contributed by atoms with Crippen molar-refractivity contribution in [1.82, 2.24) is 14.5 Å². The first kappa shape index (κ1) is 15.4. The molecule has 0 amide bonds. The molecule has 12 heteroatoms. The highest BCUT2D eigenvalue weighted by atomic mass is 32.2. The summed E-state index contributed by atoms with van der Waals surface area (Å²) in [5, 5.41) is 10.8. The van der Waals surface area contributed by atoms with Gasteiger partial charge in [0.25, 0.3) is 10.2 Å². The molecule has 114 valence electrons. The molecule has 1 aromatic rings. The van der Waals surface area contributed by atoms with Gasteiger partial charge in [-0.05, 0) is 6.42 Å². The number of nitrogens with two attached hydrogens (primary N) is 1. The first-order valence-corrected chi connectivity index (χ1v) is 7.93. The van der Waals surface area contributed by atoms with Gasteiger partial charge in [-0.25, -0.2) is 5.14 Å². The van der Waals surface area contributed by atoms with Crippen molar-refractivity contribution in [3.8, 4) is 0 Å². The summed E-state index contributed by atoms with van der Waals surface area (Å²) in [5.74, 6) is 0. The predicted octanol–water partition coefficient (Wildman–Crippen LogP) is 0.273. The highest BCUT2D eigenvalue weighted by Gasteiger charge is 2.36. The molecule has 0 radical (unpaired) electrons. The summed E-state index contributed by atoms with van der Waals surface area (Å²) in [6.07, 6.45) is -4.06. The number of rotatable bonds is 2. The maximum absolute atomic E-state index is 12.5. The molecule has 7 nitrogen and oxygen atoms in total. The normalized spacial score (nSPS) is 19.1. The van der Waals surface area contributed by atoms with Crippen molar-refractivity contribution in [2.75, 3.05) is 31.1 Å². The van der Waals surface area contributed by atoms with Crippen LogP contribution in [0.15, 0.2) is 0 Å². The van der Waals surface area contributed by atoms with Crippen LogP contribution in [0.1, 0.15) is 11.4 Å². The fourth-order valence-electron chi connectivity index (χ4n) is 1.80. The van der Waals surface area contributed by atoms with E-state index in [4.69, 9.17) is 5.14 Å². The SMILES string of the molecule is NS(=O)(=O)N1CCCN(c2nnc(C(F)(F)F)s2)CC1. The third-order valence-electron chi connectivity index (χ3n) is 2.74. The number of nitrogens with zero attached hydrogens (tertiary/aromatic N) is 4. The van der Waals surface area contributed by atoms with Crippen LogP contribution < -0.4 is 10.0 Å². The van der Waals surface area contributed by atoms with E-state index in [2.05, 4.69) is 10.2 Å². The quantitative estimate of drug-likeness (QED) is 0.840. The highest BCUT2D eigenvalue weighted by Crippen LogP contribution is 2.34. The van der Waals surface area contributed by atoms with Crippen LogP contribution in [0.3, 0.4) is 0 Å². The lowest BCUT2D eigenvalue weighted by atomic mass is 10.4. The zero-order valence-electron chi connectivity index (χ0n) is 10.2. The molecule has 1 aromatic heterocycles. The third kappa shape index (κ3) is 3.56. The molecule has 0 bridgehead atoms. The van der Waals surface area contributed by atoms with Crippen LogP contribution in [-0.2, 0) is 16.4 Å². The molecule has 1 fully saturated rings. The Bertz CT molecular complexity index is 573. The highest BCUT2D eigenvalue weighted by molar-refractivity contribution is 7.86. The van der Waals surface area contributed by atoms with Crippen molar-refractivity contribution in [3.05, 3.63) is 5.01 Å². The summed E-state index contributed by atoms with van der Waals surface area (Å²) in [4.78, 5) is 1.58. The second kappa shape index (κ2) is 5.42. The Balaban J connectivity index is 2.09. The molecule has 0 spiro atoms. The monoisotopic (exact) mass is 331 g/mol. The molecule has 2 heterocycles. The summed E-state index contributed by atoms with van der Waals surface area (Å²) in [6.45, 7) is 0.974. The van der Waals surface area contributed by atoms with Gasteiger partial charge in [-0.1, -0.05) is 11.3 Å². The number of anilines is 1. The van der Waals surface area contributed by atoms with Gasteiger partial charge in [0.1, 0.15) is 0 Å². The second-order valence-corrected chi connectivity index (χ2v) is 6.67.